The predicted octanol–water partition coefficient (Wildman–Crippen LogP) is 4.73. The maximum atomic E-state index is 5.42. The van der Waals surface area contributed by atoms with Crippen molar-refractivity contribution in [3.8, 4) is 5.75 Å². The Labute approximate surface area is 109 Å². The van der Waals surface area contributed by atoms with E-state index in [-0.39, 0.29) is 0 Å². The van der Waals surface area contributed by atoms with Crippen molar-refractivity contribution in [2.45, 2.75) is 52.0 Å². The van der Waals surface area contributed by atoms with Gasteiger partial charge in [0.15, 0.2) is 0 Å². The first-order valence-electron chi connectivity index (χ1n) is 6.77. The summed E-state index contributed by atoms with van der Waals surface area (Å²) in [4.78, 5) is 0. The summed E-state index contributed by atoms with van der Waals surface area (Å²) in [6, 6.07) is 4.56. The first-order chi connectivity index (χ1) is 8.70. The standard InChI is InChI=1S/C15H22N2O/c1-11-9-12(2)15(18-3)14(10-11)17-16-13-7-5-4-6-8-13/h9-10,13H,4-8H2,1-3H3. The van der Waals surface area contributed by atoms with Gasteiger partial charge in [0.25, 0.3) is 0 Å². The van der Waals surface area contributed by atoms with Crippen molar-refractivity contribution in [2.75, 3.05) is 7.11 Å². The van der Waals surface area contributed by atoms with E-state index in [1.54, 1.807) is 7.11 Å². The summed E-state index contributed by atoms with van der Waals surface area (Å²) in [6.45, 7) is 4.12. The van der Waals surface area contributed by atoms with E-state index >= 15 is 0 Å². The average molecular weight is 246 g/mol. The van der Waals surface area contributed by atoms with E-state index in [9.17, 15) is 0 Å². The molecule has 0 heterocycles. The van der Waals surface area contributed by atoms with Gasteiger partial charge in [0.05, 0.1) is 13.2 Å². The minimum absolute atomic E-state index is 0.407. The number of methoxy groups -OCH3 is 1. The maximum absolute atomic E-state index is 5.42. The molecule has 0 bridgehead atoms. The van der Waals surface area contributed by atoms with Crippen molar-refractivity contribution in [1.82, 2.24) is 0 Å². The molecular formula is C15H22N2O. The van der Waals surface area contributed by atoms with Crippen LogP contribution >= 0.6 is 0 Å². The molecule has 1 fully saturated rings. The predicted molar refractivity (Wildman–Crippen MR) is 73.9 cm³/mol. The fourth-order valence-corrected chi connectivity index (χ4v) is 2.61. The third kappa shape index (κ3) is 3.09. The van der Waals surface area contributed by atoms with Gasteiger partial charge in [-0.1, -0.05) is 25.3 Å². The number of benzene rings is 1. The van der Waals surface area contributed by atoms with E-state index < -0.39 is 0 Å². The zero-order valence-electron chi connectivity index (χ0n) is 11.6. The minimum atomic E-state index is 0.407. The Bertz CT molecular complexity index is 434. The van der Waals surface area contributed by atoms with E-state index in [2.05, 4.69) is 23.2 Å². The summed E-state index contributed by atoms with van der Waals surface area (Å²) < 4.78 is 5.42. The number of hydrogen-bond acceptors (Lipinski definition) is 3. The lowest BCUT2D eigenvalue weighted by Gasteiger charge is -2.16. The van der Waals surface area contributed by atoms with Crippen molar-refractivity contribution in [3.63, 3.8) is 0 Å². The van der Waals surface area contributed by atoms with Crippen molar-refractivity contribution in [3.05, 3.63) is 23.3 Å². The highest BCUT2D eigenvalue weighted by atomic mass is 16.5. The van der Waals surface area contributed by atoms with Crippen molar-refractivity contribution in [1.29, 1.82) is 0 Å². The van der Waals surface area contributed by atoms with Crippen molar-refractivity contribution in [2.24, 2.45) is 10.2 Å². The summed E-state index contributed by atoms with van der Waals surface area (Å²) in [5.74, 6) is 0.847. The zero-order valence-corrected chi connectivity index (χ0v) is 11.6. The Balaban J connectivity index is 2.19. The number of aryl methyl sites for hydroxylation is 2. The Kier molecular flexibility index (Phi) is 4.34. The van der Waals surface area contributed by atoms with Gasteiger partial charge in [0.1, 0.15) is 11.4 Å². The minimum Gasteiger partial charge on any atom is -0.494 e. The smallest absolute Gasteiger partial charge is 0.149 e. The van der Waals surface area contributed by atoms with Crippen LogP contribution in [0.5, 0.6) is 5.75 Å². The summed E-state index contributed by atoms with van der Waals surface area (Å²) >= 11 is 0. The van der Waals surface area contributed by atoms with Crippen LogP contribution in [0.4, 0.5) is 5.69 Å². The highest BCUT2D eigenvalue weighted by Gasteiger charge is 2.13. The molecule has 0 aliphatic heterocycles. The van der Waals surface area contributed by atoms with Crippen molar-refractivity contribution >= 4 is 5.69 Å². The fraction of sp³-hybridized carbons (Fsp3) is 0.600. The van der Waals surface area contributed by atoms with Gasteiger partial charge in [0, 0.05) is 0 Å². The van der Waals surface area contributed by atoms with Gasteiger partial charge >= 0.3 is 0 Å². The van der Waals surface area contributed by atoms with Crippen LogP contribution in [0.3, 0.4) is 0 Å². The zero-order chi connectivity index (χ0) is 13.0. The molecule has 0 spiro atoms. The van der Waals surface area contributed by atoms with Crippen LogP contribution in [0, 0.1) is 13.8 Å². The number of nitrogens with zero attached hydrogens (tertiary/aromatic N) is 2. The molecule has 1 aliphatic rings. The number of ether oxygens (including phenoxy) is 1. The van der Waals surface area contributed by atoms with Gasteiger partial charge in [-0.15, -0.1) is 0 Å². The van der Waals surface area contributed by atoms with Gasteiger partial charge in [-0.05, 0) is 43.9 Å². The lowest BCUT2D eigenvalue weighted by Crippen LogP contribution is -2.08. The Morgan fingerprint density at radius 2 is 1.83 bits per heavy atom. The molecule has 98 valence electrons. The van der Waals surface area contributed by atoms with Gasteiger partial charge in [0.2, 0.25) is 0 Å². The number of azo groups is 1. The van der Waals surface area contributed by atoms with E-state index in [1.165, 1.54) is 37.7 Å². The van der Waals surface area contributed by atoms with Gasteiger partial charge in [-0.3, -0.25) is 0 Å². The second-order valence-electron chi connectivity index (χ2n) is 5.14. The molecule has 0 saturated heterocycles. The molecule has 1 aromatic rings. The van der Waals surface area contributed by atoms with Crippen LogP contribution in [0.1, 0.15) is 43.2 Å². The first-order valence-corrected chi connectivity index (χ1v) is 6.77. The Morgan fingerprint density at radius 3 is 2.50 bits per heavy atom. The topological polar surface area (TPSA) is 34.0 Å². The Morgan fingerprint density at radius 1 is 1.11 bits per heavy atom. The quantitative estimate of drug-likeness (QED) is 0.710. The van der Waals surface area contributed by atoms with Crippen LogP contribution in [-0.4, -0.2) is 13.2 Å². The van der Waals surface area contributed by atoms with E-state index in [1.807, 2.05) is 13.0 Å². The van der Waals surface area contributed by atoms with Crippen LogP contribution < -0.4 is 4.74 Å². The molecule has 0 atom stereocenters. The second kappa shape index (κ2) is 5.98. The molecule has 3 heteroatoms. The first kappa shape index (κ1) is 13.1. The average Bonchev–Trinajstić information content (AvgIpc) is 2.37. The Hall–Kier alpha value is -1.38. The molecule has 2 rings (SSSR count). The largest absolute Gasteiger partial charge is 0.494 e. The van der Waals surface area contributed by atoms with E-state index in [0.29, 0.717) is 6.04 Å². The highest BCUT2D eigenvalue weighted by molar-refractivity contribution is 5.57. The molecule has 1 saturated carbocycles. The van der Waals surface area contributed by atoms with E-state index in [4.69, 9.17) is 4.74 Å². The number of hydrogen-bond donors (Lipinski definition) is 0. The van der Waals surface area contributed by atoms with Gasteiger partial charge in [-0.2, -0.15) is 10.2 Å². The van der Waals surface area contributed by atoms with Crippen LogP contribution in [-0.2, 0) is 0 Å². The maximum Gasteiger partial charge on any atom is 0.149 e. The molecule has 3 nitrogen and oxygen atoms in total. The molecule has 0 unspecified atom stereocenters. The molecule has 0 radical (unpaired) electrons. The molecule has 1 aliphatic carbocycles. The normalized spacial score (nSPS) is 17.3. The third-order valence-corrected chi connectivity index (χ3v) is 3.51. The monoisotopic (exact) mass is 246 g/mol. The lowest BCUT2D eigenvalue weighted by molar-refractivity contribution is 0.410. The second-order valence-corrected chi connectivity index (χ2v) is 5.14. The molecule has 0 aromatic heterocycles. The van der Waals surface area contributed by atoms with Crippen LogP contribution in [0.2, 0.25) is 0 Å². The van der Waals surface area contributed by atoms with Crippen molar-refractivity contribution < 1.29 is 4.74 Å². The number of rotatable bonds is 3. The van der Waals surface area contributed by atoms with Crippen LogP contribution in [0.15, 0.2) is 22.4 Å². The van der Waals surface area contributed by atoms with Gasteiger partial charge in [-0.25, -0.2) is 0 Å². The molecule has 18 heavy (non-hydrogen) atoms. The summed E-state index contributed by atoms with van der Waals surface area (Å²) in [6.07, 6.45) is 6.27. The van der Waals surface area contributed by atoms with Crippen LogP contribution in [0.25, 0.3) is 0 Å². The summed E-state index contributed by atoms with van der Waals surface area (Å²) in [7, 11) is 1.69. The molecular weight excluding hydrogens is 224 g/mol. The lowest BCUT2D eigenvalue weighted by atomic mass is 9.96. The summed E-state index contributed by atoms with van der Waals surface area (Å²) in [5, 5.41) is 8.91. The SMILES string of the molecule is COc1c(C)cc(C)cc1N=NC1CCCCC1. The van der Waals surface area contributed by atoms with Gasteiger partial charge < -0.3 is 4.74 Å². The summed E-state index contributed by atoms with van der Waals surface area (Å²) in [5.41, 5.74) is 3.18. The molecule has 0 N–H and O–H groups in total. The highest BCUT2D eigenvalue weighted by Crippen LogP contribution is 2.33. The third-order valence-electron chi connectivity index (χ3n) is 3.51. The fourth-order valence-electron chi connectivity index (χ4n) is 2.61. The molecule has 1 aromatic carbocycles. The molecule has 0 amide bonds. The van der Waals surface area contributed by atoms with E-state index in [0.717, 1.165) is 17.0 Å².